The van der Waals surface area contributed by atoms with Gasteiger partial charge in [-0.05, 0) is 42.5 Å². The number of nitrogens with zero attached hydrogens (tertiary/aromatic N) is 2. The van der Waals surface area contributed by atoms with Crippen molar-refractivity contribution >= 4 is 50.6 Å². The molecular formula is C19H17N3O7S2. The van der Waals surface area contributed by atoms with Crippen LogP contribution in [0.2, 0.25) is 0 Å². The van der Waals surface area contributed by atoms with Crippen molar-refractivity contribution in [3.05, 3.63) is 42.5 Å². The molecule has 0 unspecified atom stereocenters. The van der Waals surface area contributed by atoms with Crippen LogP contribution in [0.4, 0.5) is 10.5 Å². The number of nitrogens with one attached hydrogen (secondary N) is 1. The summed E-state index contributed by atoms with van der Waals surface area (Å²) < 4.78 is 43.2. The first-order valence-corrected chi connectivity index (χ1v) is 11.5. The number of ether oxygens (including phenoxy) is 2. The van der Waals surface area contributed by atoms with Crippen molar-refractivity contribution in [1.29, 1.82) is 0 Å². The van der Waals surface area contributed by atoms with E-state index >= 15 is 0 Å². The van der Waals surface area contributed by atoms with Crippen LogP contribution in [-0.2, 0) is 19.6 Å². The summed E-state index contributed by atoms with van der Waals surface area (Å²) in [4.78, 5) is 28.8. The number of thioether (sulfide) groups is 1. The van der Waals surface area contributed by atoms with Crippen LogP contribution < -0.4 is 9.46 Å². The van der Waals surface area contributed by atoms with Crippen LogP contribution in [0.1, 0.15) is 0 Å². The minimum Gasteiger partial charge on any atom is -0.497 e. The van der Waals surface area contributed by atoms with Gasteiger partial charge in [-0.1, -0.05) is 11.8 Å². The zero-order valence-electron chi connectivity index (χ0n) is 16.2. The van der Waals surface area contributed by atoms with Gasteiger partial charge in [-0.25, -0.2) is 23.1 Å². The van der Waals surface area contributed by atoms with Crippen LogP contribution in [0.25, 0.3) is 11.1 Å². The van der Waals surface area contributed by atoms with E-state index in [1.807, 2.05) is 0 Å². The number of hydrogen-bond donors (Lipinski definition) is 1. The lowest BCUT2D eigenvalue weighted by Gasteiger charge is -2.08. The monoisotopic (exact) mass is 463 g/mol. The topological polar surface area (TPSA) is 128 Å². The van der Waals surface area contributed by atoms with Gasteiger partial charge in [-0.3, -0.25) is 9.52 Å². The van der Waals surface area contributed by atoms with Crippen LogP contribution in [0.15, 0.2) is 57.0 Å². The number of oxazole rings is 1. The number of hydrogen-bond acceptors (Lipinski definition) is 9. The Morgan fingerprint density at radius 1 is 1.26 bits per heavy atom. The van der Waals surface area contributed by atoms with Crippen LogP contribution in [0, 0.1) is 0 Å². The number of anilines is 1. The predicted molar refractivity (Wildman–Crippen MR) is 112 cm³/mol. The summed E-state index contributed by atoms with van der Waals surface area (Å²) in [7, 11) is -2.33. The van der Waals surface area contributed by atoms with Gasteiger partial charge in [0, 0.05) is 5.69 Å². The molecule has 0 atom stereocenters. The molecule has 1 aromatic heterocycles. The van der Waals surface area contributed by atoms with E-state index in [0.29, 0.717) is 22.5 Å². The largest absolute Gasteiger partial charge is 0.497 e. The number of methoxy groups -OCH3 is 1. The SMILES string of the molecule is COc1ccc(NS(=O)(=O)c2ccc3oc(SCC(=O)N4CCOC4=O)nc3c2)cc1. The maximum absolute atomic E-state index is 12.7. The van der Waals surface area contributed by atoms with Crippen LogP contribution in [0.3, 0.4) is 0 Å². The second-order valence-corrected chi connectivity index (χ2v) is 9.00. The van der Waals surface area contributed by atoms with Gasteiger partial charge in [0.25, 0.3) is 15.2 Å². The molecular weight excluding hydrogens is 446 g/mol. The van der Waals surface area contributed by atoms with Gasteiger partial charge in [0.05, 0.1) is 24.3 Å². The van der Waals surface area contributed by atoms with E-state index in [9.17, 15) is 18.0 Å². The fourth-order valence-electron chi connectivity index (χ4n) is 2.81. The van der Waals surface area contributed by atoms with Gasteiger partial charge in [0.15, 0.2) is 5.58 Å². The Hall–Kier alpha value is -3.25. The van der Waals surface area contributed by atoms with Crippen molar-refractivity contribution in [3.8, 4) is 5.75 Å². The van der Waals surface area contributed by atoms with E-state index in [1.54, 1.807) is 24.3 Å². The van der Waals surface area contributed by atoms with Gasteiger partial charge in [0.1, 0.15) is 17.9 Å². The van der Waals surface area contributed by atoms with Gasteiger partial charge in [-0.2, -0.15) is 0 Å². The lowest BCUT2D eigenvalue weighted by molar-refractivity contribution is -0.125. The fraction of sp³-hybridized carbons (Fsp3) is 0.211. The zero-order chi connectivity index (χ0) is 22.0. The third-order valence-electron chi connectivity index (χ3n) is 4.37. The highest BCUT2D eigenvalue weighted by Crippen LogP contribution is 2.27. The molecule has 0 spiro atoms. The summed E-state index contributed by atoms with van der Waals surface area (Å²) in [6, 6.07) is 10.7. The number of amides is 2. The molecule has 3 aromatic rings. The lowest BCUT2D eigenvalue weighted by atomic mass is 10.3. The van der Waals surface area contributed by atoms with E-state index in [-0.39, 0.29) is 29.0 Å². The number of rotatable bonds is 7. The Kier molecular flexibility index (Phi) is 5.74. The second-order valence-electron chi connectivity index (χ2n) is 6.39. The minimum absolute atomic E-state index is 0.0107. The predicted octanol–water partition coefficient (Wildman–Crippen LogP) is 2.71. The molecule has 162 valence electrons. The third-order valence-corrected chi connectivity index (χ3v) is 6.56. The summed E-state index contributed by atoms with van der Waals surface area (Å²) in [5.41, 5.74) is 1.09. The molecule has 10 nitrogen and oxygen atoms in total. The highest BCUT2D eigenvalue weighted by Gasteiger charge is 2.28. The normalized spacial score (nSPS) is 14.0. The first-order valence-electron chi connectivity index (χ1n) is 9.03. The molecule has 31 heavy (non-hydrogen) atoms. The molecule has 1 aliphatic rings. The average Bonchev–Trinajstić information content (AvgIpc) is 3.37. The molecule has 0 bridgehead atoms. The smallest absolute Gasteiger partial charge is 0.416 e. The van der Waals surface area contributed by atoms with Crippen molar-refractivity contribution in [2.24, 2.45) is 0 Å². The Balaban J connectivity index is 1.47. The summed E-state index contributed by atoms with van der Waals surface area (Å²) in [5, 5.41) is 0.188. The molecule has 1 aliphatic heterocycles. The molecule has 1 saturated heterocycles. The molecule has 0 aliphatic carbocycles. The lowest BCUT2D eigenvalue weighted by Crippen LogP contribution is -2.32. The maximum atomic E-state index is 12.7. The van der Waals surface area contributed by atoms with Crippen molar-refractivity contribution in [3.63, 3.8) is 0 Å². The number of carbonyl (C=O) groups excluding carboxylic acids is 2. The van der Waals surface area contributed by atoms with E-state index < -0.39 is 22.0 Å². The summed E-state index contributed by atoms with van der Waals surface area (Å²) in [5.74, 6) is 0.130. The Bertz CT molecular complexity index is 1240. The van der Waals surface area contributed by atoms with Gasteiger partial charge < -0.3 is 13.9 Å². The second kappa shape index (κ2) is 8.47. The molecule has 0 radical (unpaired) electrons. The van der Waals surface area contributed by atoms with E-state index in [2.05, 4.69) is 9.71 Å². The third kappa shape index (κ3) is 4.59. The molecule has 1 N–H and O–H groups in total. The fourth-order valence-corrected chi connectivity index (χ4v) is 4.60. The molecule has 12 heteroatoms. The number of fused-ring (bicyclic) bond motifs is 1. The number of sulfonamides is 1. The van der Waals surface area contributed by atoms with Crippen LogP contribution in [0.5, 0.6) is 5.75 Å². The number of benzene rings is 2. The van der Waals surface area contributed by atoms with Crippen molar-refractivity contribution in [1.82, 2.24) is 9.88 Å². The Morgan fingerprint density at radius 2 is 2.03 bits per heavy atom. The number of carbonyl (C=O) groups is 2. The summed E-state index contributed by atoms with van der Waals surface area (Å²) >= 11 is 1.01. The summed E-state index contributed by atoms with van der Waals surface area (Å²) in [6.07, 6.45) is -0.664. The van der Waals surface area contributed by atoms with Crippen LogP contribution >= 0.6 is 11.8 Å². The first kappa shape index (κ1) is 21.0. The standard InChI is InChI=1S/C19H17N3O7S2/c1-27-13-4-2-12(3-5-13)21-31(25,26)14-6-7-16-15(10-14)20-18(29-16)30-11-17(23)22-8-9-28-19(22)24/h2-7,10,21H,8-9,11H2,1H3. The molecule has 4 rings (SSSR count). The Labute approximate surface area is 181 Å². The molecule has 1 fully saturated rings. The van der Waals surface area contributed by atoms with Crippen molar-refractivity contribution in [2.75, 3.05) is 30.7 Å². The highest BCUT2D eigenvalue weighted by molar-refractivity contribution is 7.99. The first-order chi connectivity index (χ1) is 14.9. The quantitative estimate of drug-likeness (QED) is 0.526. The van der Waals surface area contributed by atoms with E-state index in [0.717, 1.165) is 16.7 Å². The molecule has 2 heterocycles. The Morgan fingerprint density at radius 3 is 2.71 bits per heavy atom. The van der Waals surface area contributed by atoms with Crippen molar-refractivity contribution in [2.45, 2.75) is 10.1 Å². The van der Waals surface area contributed by atoms with E-state index in [4.69, 9.17) is 13.9 Å². The molecule has 0 saturated carbocycles. The minimum atomic E-state index is -3.85. The van der Waals surface area contributed by atoms with Crippen molar-refractivity contribution < 1.29 is 31.9 Å². The number of imide groups is 1. The molecule has 2 aromatic carbocycles. The zero-order valence-corrected chi connectivity index (χ0v) is 17.9. The number of cyclic esters (lactones) is 1. The highest BCUT2D eigenvalue weighted by atomic mass is 32.2. The maximum Gasteiger partial charge on any atom is 0.416 e. The molecule has 2 amide bonds. The summed E-state index contributed by atoms with van der Waals surface area (Å²) in [6.45, 7) is 0.397. The van der Waals surface area contributed by atoms with E-state index in [1.165, 1.54) is 25.3 Å². The van der Waals surface area contributed by atoms with Gasteiger partial charge in [-0.15, -0.1) is 0 Å². The van der Waals surface area contributed by atoms with Gasteiger partial charge >= 0.3 is 6.09 Å². The number of aromatic nitrogens is 1. The van der Waals surface area contributed by atoms with Gasteiger partial charge in [0.2, 0.25) is 5.91 Å². The average molecular weight is 463 g/mol. The van der Waals surface area contributed by atoms with Crippen LogP contribution in [-0.4, -0.2) is 56.3 Å².